The van der Waals surface area contributed by atoms with E-state index in [0.717, 1.165) is 19.4 Å². The summed E-state index contributed by atoms with van der Waals surface area (Å²) in [4.78, 5) is 0. The second-order valence-corrected chi connectivity index (χ2v) is 5.90. The molecular weight excluding hydrogens is 222 g/mol. The summed E-state index contributed by atoms with van der Waals surface area (Å²) >= 11 is 5.36. The van der Waals surface area contributed by atoms with Crippen molar-refractivity contribution in [3.8, 4) is 0 Å². The van der Waals surface area contributed by atoms with Gasteiger partial charge in [-0.3, -0.25) is 0 Å². The summed E-state index contributed by atoms with van der Waals surface area (Å²) < 4.78 is 22.4. The van der Waals surface area contributed by atoms with Crippen molar-refractivity contribution in [1.29, 1.82) is 0 Å². The van der Waals surface area contributed by atoms with Crippen LogP contribution in [0.4, 0.5) is 0 Å². The van der Waals surface area contributed by atoms with Crippen molar-refractivity contribution < 1.29 is 8.42 Å². The number of alkyl halides is 1. The van der Waals surface area contributed by atoms with Crippen LogP contribution in [0, 0.1) is 0 Å². The van der Waals surface area contributed by atoms with E-state index >= 15 is 0 Å². The number of hydrogen-bond donors (Lipinski definition) is 0. The summed E-state index contributed by atoms with van der Waals surface area (Å²) in [5, 5.41) is 4.23. The van der Waals surface area contributed by atoms with Gasteiger partial charge in [0, 0.05) is 19.0 Å². The third kappa shape index (κ3) is 8.78. The summed E-state index contributed by atoms with van der Waals surface area (Å²) in [5.74, 6) is 0.494. The molecule has 0 unspecified atom stereocenters. The number of rotatable bonds is 9. The zero-order valence-electron chi connectivity index (χ0n) is 8.71. The highest BCUT2D eigenvalue weighted by molar-refractivity contribution is 7.91. The van der Waals surface area contributed by atoms with Gasteiger partial charge in [0.25, 0.3) is 0 Å². The highest BCUT2D eigenvalue weighted by Gasteiger charge is 2.08. The van der Waals surface area contributed by atoms with Gasteiger partial charge in [-0.1, -0.05) is 13.3 Å². The molecule has 0 spiro atoms. The Morgan fingerprint density at radius 3 is 2.36 bits per heavy atom. The normalized spacial score (nSPS) is 11.9. The first kappa shape index (κ1) is 14.2. The van der Waals surface area contributed by atoms with Gasteiger partial charge in [0.05, 0.1) is 11.5 Å². The first-order chi connectivity index (χ1) is 6.62. The van der Waals surface area contributed by atoms with Crippen LogP contribution in [0.25, 0.3) is 0 Å². The molecule has 0 N–H and O–H groups in total. The second-order valence-electron chi connectivity index (χ2n) is 3.22. The highest BCUT2D eigenvalue weighted by atomic mass is 35.5. The molecule has 3 nitrogen and oxygen atoms in total. The summed E-state index contributed by atoms with van der Waals surface area (Å²) in [6, 6.07) is 0. The van der Waals surface area contributed by atoms with Crippen LogP contribution in [0.5, 0.6) is 0 Å². The van der Waals surface area contributed by atoms with Gasteiger partial charge in [-0.15, -0.1) is 11.6 Å². The van der Waals surface area contributed by atoms with Crippen LogP contribution in [0.15, 0.2) is 0 Å². The standard InChI is InChI=1S/C9H19ClNO2S/c1-2-3-6-11-7-4-8-14(12,13)9-5-10/h2-9H2,1H3. The van der Waals surface area contributed by atoms with E-state index in [1.165, 1.54) is 0 Å². The molecule has 0 aromatic heterocycles. The molecule has 0 saturated heterocycles. The molecule has 14 heavy (non-hydrogen) atoms. The van der Waals surface area contributed by atoms with Crippen LogP contribution < -0.4 is 5.32 Å². The molecule has 5 heteroatoms. The van der Waals surface area contributed by atoms with E-state index in [2.05, 4.69) is 12.2 Å². The quantitative estimate of drug-likeness (QED) is 0.452. The first-order valence-electron chi connectivity index (χ1n) is 5.02. The Bertz CT molecular complexity index is 217. The van der Waals surface area contributed by atoms with E-state index in [4.69, 9.17) is 11.6 Å². The molecule has 0 saturated carbocycles. The Morgan fingerprint density at radius 2 is 1.79 bits per heavy atom. The number of nitrogens with zero attached hydrogens (tertiary/aromatic N) is 1. The predicted molar refractivity (Wildman–Crippen MR) is 60.8 cm³/mol. The molecule has 0 aliphatic rings. The third-order valence-electron chi connectivity index (χ3n) is 1.83. The number of unbranched alkanes of at least 4 members (excludes halogenated alkanes) is 1. The molecule has 0 bridgehead atoms. The van der Waals surface area contributed by atoms with Gasteiger partial charge in [0.2, 0.25) is 0 Å². The van der Waals surface area contributed by atoms with Gasteiger partial charge in [-0.05, 0) is 12.8 Å². The van der Waals surface area contributed by atoms with Crippen molar-refractivity contribution in [3.63, 3.8) is 0 Å². The molecule has 0 atom stereocenters. The van der Waals surface area contributed by atoms with Crippen molar-refractivity contribution >= 4 is 21.4 Å². The van der Waals surface area contributed by atoms with Crippen LogP contribution in [-0.4, -0.2) is 38.9 Å². The zero-order chi connectivity index (χ0) is 10.9. The molecule has 0 aliphatic carbocycles. The number of hydrogen-bond acceptors (Lipinski definition) is 2. The maximum atomic E-state index is 11.2. The Labute approximate surface area is 92.1 Å². The average Bonchev–Trinajstić information content (AvgIpc) is 2.11. The first-order valence-corrected chi connectivity index (χ1v) is 7.37. The highest BCUT2D eigenvalue weighted by Crippen LogP contribution is 1.95. The van der Waals surface area contributed by atoms with Crippen LogP contribution in [-0.2, 0) is 9.84 Å². The molecule has 1 radical (unpaired) electrons. The van der Waals surface area contributed by atoms with Crippen molar-refractivity contribution in [2.45, 2.75) is 26.2 Å². The van der Waals surface area contributed by atoms with E-state index in [1.54, 1.807) is 0 Å². The minimum absolute atomic E-state index is 0.0868. The molecule has 0 rings (SSSR count). The zero-order valence-corrected chi connectivity index (χ0v) is 10.3. The average molecular weight is 241 g/mol. The largest absolute Gasteiger partial charge is 0.242 e. The van der Waals surface area contributed by atoms with Crippen molar-refractivity contribution in [3.05, 3.63) is 0 Å². The monoisotopic (exact) mass is 240 g/mol. The Morgan fingerprint density at radius 1 is 1.14 bits per heavy atom. The van der Waals surface area contributed by atoms with E-state index in [9.17, 15) is 8.42 Å². The SMILES string of the molecule is CCCC[N]CCCS(=O)(=O)CCCl. The molecule has 0 heterocycles. The van der Waals surface area contributed by atoms with Crippen LogP contribution in [0.3, 0.4) is 0 Å². The van der Waals surface area contributed by atoms with Crippen LogP contribution in [0.1, 0.15) is 26.2 Å². The van der Waals surface area contributed by atoms with Gasteiger partial charge >= 0.3 is 0 Å². The lowest BCUT2D eigenvalue weighted by atomic mass is 10.3. The van der Waals surface area contributed by atoms with E-state index < -0.39 is 9.84 Å². The van der Waals surface area contributed by atoms with Gasteiger partial charge in [-0.2, -0.15) is 0 Å². The van der Waals surface area contributed by atoms with Crippen LogP contribution in [0.2, 0.25) is 0 Å². The fourth-order valence-corrected chi connectivity index (χ4v) is 2.71. The third-order valence-corrected chi connectivity index (χ3v) is 3.98. The Balaban J connectivity index is 3.35. The molecule has 0 fully saturated rings. The minimum Gasteiger partial charge on any atom is -0.242 e. The summed E-state index contributed by atoms with van der Waals surface area (Å²) in [6.07, 6.45) is 2.85. The van der Waals surface area contributed by atoms with E-state index in [-0.39, 0.29) is 17.4 Å². The maximum Gasteiger partial charge on any atom is 0.151 e. The van der Waals surface area contributed by atoms with E-state index in [0.29, 0.717) is 13.0 Å². The lowest BCUT2D eigenvalue weighted by Crippen LogP contribution is -2.16. The lowest BCUT2D eigenvalue weighted by Gasteiger charge is -2.02. The van der Waals surface area contributed by atoms with Gasteiger partial charge in [-0.25, -0.2) is 13.7 Å². The van der Waals surface area contributed by atoms with Gasteiger partial charge in [0.1, 0.15) is 0 Å². The topological polar surface area (TPSA) is 48.2 Å². The lowest BCUT2D eigenvalue weighted by molar-refractivity contribution is 0.585. The molecule has 0 aromatic carbocycles. The Hall–Kier alpha value is 0.200. The fourth-order valence-electron chi connectivity index (χ4n) is 0.998. The molecule has 85 valence electrons. The summed E-state index contributed by atoms with van der Waals surface area (Å²) in [7, 11) is -2.92. The van der Waals surface area contributed by atoms with E-state index in [1.807, 2.05) is 0 Å². The summed E-state index contributed by atoms with van der Waals surface area (Å²) in [5.41, 5.74) is 0. The second kappa shape index (κ2) is 8.50. The maximum absolute atomic E-state index is 11.2. The number of halogens is 1. The Kier molecular flexibility index (Phi) is 8.63. The summed E-state index contributed by atoms with van der Waals surface area (Å²) in [6.45, 7) is 3.62. The number of sulfone groups is 1. The smallest absolute Gasteiger partial charge is 0.151 e. The van der Waals surface area contributed by atoms with Gasteiger partial charge < -0.3 is 0 Å². The molecular formula is C9H19ClNO2S. The molecule has 0 amide bonds. The predicted octanol–water partition coefficient (Wildman–Crippen LogP) is 1.43. The molecule has 0 aromatic rings. The van der Waals surface area contributed by atoms with Crippen molar-refractivity contribution in [2.24, 2.45) is 0 Å². The van der Waals surface area contributed by atoms with Gasteiger partial charge in [0.15, 0.2) is 9.84 Å². The van der Waals surface area contributed by atoms with Crippen LogP contribution >= 0.6 is 11.6 Å². The molecule has 0 aliphatic heterocycles. The van der Waals surface area contributed by atoms with Crippen molar-refractivity contribution in [2.75, 3.05) is 30.5 Å². The van der Waals surface area contributed by atoms with Crippen molar-refractivity contribution in [1.82, 2.24) is 5.32 Å². The minimum atomic E-state index is -2.92. The fraction of sp³-hybridized carbons (Fsp3) is 1.00.